The molecular weight excluding hydrogens is 184 g/mol. The van der Waals surface area contributed by atoms with Gasteiger partial charge in [-0.3, -0.25) is 4.98 Å². The van der Waals surface area contributed by atoms with Crippen LogP contribution in [0.5, 0.6) is 0 Å². The summed E-state index contributed by atoms with van der Waals surface area (Å²) in [4.78, 5) is 4.11. The van der Waals surface area contributed by atoms with E-state index in [0.717, 1.165) is 6.54 Å². The fourth-order valence-electron chi connectivity index (χ4n) is 1.60. The molecule has 1 heterocycles. The Labute approximate surface area is 89.7 Å². The first kappa shape index (κ1) is 9.87. The lowest BCUT2D eigenvalue weighted by Gasteiger charge is -2.00. The number of rotatable bonds is 3. The lowest BCUT2D eigenvalue weighted by molar-refractivity contribution is 0.922. The zero-order valence-electron chi connectivity index (χ0n) is 8.77. The van der Waals surface area contributed by atoms with Crippen LogP contribution in [-0.4, -0.2) is 18.6 Å². The number of hydrogen-bond acceptors (Lipinski definition) is 2. The second-order valence-corrected chi connectivity index (χ2v) is 3.40. The Hall–Kier alpha value is -1.67. The van der Waals surface area contributed by atoms with Crippen LogP contribution in [0.4, 0.5) is 0 Å². The van der Waals surface area contributed by atoms with E-state index in [1.807, 2.05) is 25.5 Å². The first-order valence-corrected chi connectivity index (χ1v) is 5.05. The predicted octanol–water partition coefficient (Wildman–Crippen LogP) is 2.47. The average molecular weight is 198 g/mol. The monoisotopic (exact) mass is 198 g/mol. The topological polar surface area (TPSA) is 24.9 Å². The van der Waals surface area contributed by atoms with Gasteiger partial charge in [0.1, 0.15) is 0 Å². The summed E-state index contributed by atoms with van der Waals surface area (Å²) < 4.78 is 0. The van der Waals surface area contributed by atoms with E-state index in [1.54, 1.807) is 0 Å². The molecule has 0 aliphatic heterocycles. The first-order valence-electron chi connectivity index (χ1n) is 5.05. The molecule has 0 unspecified atom stereocenters. The smallest absolute Gasteiger partial charge is 0.0346 e. The Balaban J connectivity index is 2.42. The van der Waals surface area contributed by atoms with Crippen molar-refractivity contribution < 1.29 is 0 Å². The van der Waals surface area contributed by atoms with Gasteiger partial charge in [-0.1, -0.05) is 30.4 Å². The van der Waals surface area contributed by atoms with Crippen LogP contribution in [0.25, 0.3) is 16.8 Å². The van der Waals surface area contributed by atoms with Gasteiger partial charge in [0.15, 0.2) is 0 Å². The molecule has 2 heteroatoms. The number of nitrogens with one attached hydrogen (secondary N) is 1. The summed E-state index contributed by atoms with van der Waals surface area (Å²) in [5.74, 6) is 0. The molecule has 1 aromatic carbocycles. The first-order chi connectivity index (χ1) is 7.42. The van der Waals surface area contributed by atoms with Crippen LogP contribution < -0.4 is 5.32 Å². The second-order valence-electron chi connectivity index (χ2n) is 3.40. The Morgan fingerprint density at radius 3 is 3.13 bits per heavy atom. The van der Waals surface area contributed by atoms with Crippen molar-refractivity contribution in [3.8, 4) is 0 Å². The molecule has 1 N–H and O–H groups in total. The molecule has 0 spiro atoms. The molecule has 0 bridgehead atoms. The van der Waals surface area contributed by atoms with E-state index in [9.17, 15) is 0 Å². The highest BCUT2D eigenvalue weighted by molar-refractivity contribution is 5.89. The van der Waals surface area contributed by atoms with Gasteiger partial charge < -0.3 is 5.32 Å². The van der Waals surface area contributed by atoms with Crippen LogP contribution in [0.2, 0.25) is 0 Å². The number of fused-ring (bicyclic) bond motifs is 1. The quantitative estimate of drug-likeness (QED) is 0.819. The van der Waals surface area contributed by atoms with Crippen molar-refractivity contribution in [2.24, 2.45) is 0 Å². The lowest BCUT2D eigenvalue weighted by Crippen LogP contribution is -2.03. The third-order valence-corrected chi connectivity index (χ3v) is 2.33. The van der Waals surface area contributed by atoms with Gasteiger partial charge in [-0.25, -0.2) is 0 Å². The number of nitrogens with zero attached hydrogens (tertiary/aromatic N) is 1. The SMILES string of the molecule is CNCC=Cc1cccc2cnccc12. The predicted molar refractivity (Wildman–Crippen MR) is 64.7 cm³/mol. The van der Waals surface area contributed by atoms with E-state index in [0.29, 0.717) is 0 Å². The van der Waals surface area contributed by atoms with Crippen LogP contribution in [0.15, 0.2) is 42.7 Å². The van der Waals surface area contributed by atoms with Gasteiger partial charge in [0.2, 0.25) is 0 Å². The van der Waals surface area contributed by atoms with Crippen LogP contribution in [-0.2, 0) is 0 Å². The third kappa shape index (κ3) is 2.22. The maximum absolute atomic E-state index is 4.11. The molecule has 2 rings (SSSR count). The van der Waals surface area contributed by atoms with Crippen molar-refractivity contribution in [3.63, 3.8) is 0 Å². The normalized spacial score (nSPS) is 11.3. The Morgan fingerprint density at radius 2 is 2.27 bits per heavy atom. The van der Waals surface area contributed by atoms with Crippen molar-refractivity contribution in [1.29, 1.82) is 0 Å². The van der Waals surface area contributed by atoms with Crippen LogP contribution in [0.3, 0.4) is 0 Å². The molecule has 0 atom stereocenters. The van der Waals surface area contributed by atoms with E-state index >= 15 is 0 Å². The Bertz CT molecular complexity index is 469. The van der Waals surface area contributed by atoms with E-state index in [2.05, 4.69) is 40.7 Å². The number of benzene rings is 1. The number of pyridine rings is 1. The minimum Gasteiger partial charge on any atom is -0.316 e. The van der Waals surface area contributed by atoms with E-state index in [4.69, 9.17) is 0 Å². The maximum atomic E-state index is 4.11. The second kappa shape index (κ2) is 4.71. The molecule has 0 saturated heterocycles. The van der Waals surface area contributed by atoms with Gasteiger partial charge in [0, 0.05) is 24.3 Å². The number of hydrogen-bond donors (Lipinski definition) is 1. The Kier molecular flexibility index (Phi) is 3.10. The van der Waals surface area contributed by atoms with Gasteiger partial charge in [-0.2, -0.15) is 0 Å². The van der Waals surface area contributed by atoms with Crippen LogP contribution in [0, 0.1) is 0 Å². The summed E-state index contributed by atoms with van der Waals surface area (Å²) >= 11 is 0. The summed E-state index contributed by atoms with van der Waals surface area (Å²) in [6, 6.07) is 8.31. The van der Waals surface area contributed by atoms with Crippen molar-refractivity contribution in [2.45, 2.75) is 0 Å². The van der Waals surface area contributed by atoms with Gasteiger partial charge in [-0.15, -0.1) is 0 Å². The summed E-state index contributed by atoms with van der Waals surface area (Å²) in [5.41, 5.74) is 1.24. The van der Waals surface area contributed by atoms with Crippen LogP contribution >= 0.6 is 0 Å². The summed E-state index contributed by atoms with van der Waals surface area (Å²) in [7, 11) is 1.94. The third-order valence-electron chi connectivity index (χ3n) is 2.33. The molecule has 2 nitrogen and oxygen atoms in total. The lowest BCUT2D eigenvalue weighted by atomic mass is 10.1. The number of aromatic nitrogens is 1. The number of likely N-dealkylation sites (N-methyl/N-ethyl adjacent to an activating group) is 1. The van der Waals surface area contributed by atoms with Gasteiger partial charge in [0.25, 0.3) is 0 Å². The average Bonchev–Trinajstić information content (AvgIpc) is 2.30. The van der Waals surface area contributed by atoms with Crippen molar-refractivity contribution >= 4 is 16.8 Å². The highest BCUT2D eigenvalue weighted by Crippen LogP contribution is 2.18. The molecule has 0 fully saturated rings. The maximum Gasteiger partial charge on any atom is 0.0346 e. The van der Waals surface area contributed by atoms with Gasteiger partial charge >= 0.3 is 0 Å². The van der Waals surface area contributed by atoms with E-state index < -0.39 is 0 Å². The molecule has 2 aromatic rings. The van der Waals surface area contributed by atoms with E-state index in [1.165, 1.54) is 16.3 Å². The molecule has 0 aliphatic carbocycles. The molecule has 0 amide bonds. The standard InChI is InChI=1S/C13H14N2/c1-14-8-3-6-11-4-2-5-12-10-15-9-7-13(11)12/h2-7,9-10,14H,8H2,1H3. The molecule has 0 aliphatic rings. The summed E-state index contributed by atoms with van der Waals surface area (Å²) in [5, 5.41) is 5.52. The van der Waals surface area contributed by atoms with Crippen molar-refractivity contribution in [2.75, 3.05) is 13.6 Å². The highest BCUT2D eigenvalue weighted by atomic mass is 14.8. The van der Waals surface area contributed by atoms with Crippen molar-refractivity contribution in [3.05, 3.63) is 48.3 Å². The minimum atomic E-state index is 0.890. The zero-order chi connectivity index (χ0) is 10.5. The summed E-state index contributed by atoms with van der Waals surface area (Å²) in [6.45, 7) is 0.890. The molecule has 0 radical (unpaired) electrons. The van der Waals surface area contributed by atoms with Gasteiger partial charge in [0.05, 0.1) is 0 Å². The van der Waals surface area contributed by atoms with Crippen molar-refractivity contribution in [1.82, 2.24) is 10.3 Å². The molecule has 0 saturated carbocycles. The van der Waals surface area contributed by atoms with E-state index in [-0.39, 0.29) is 0 Å². The fraction of sp³-hybridized carbons (Fsp3) is 0.154. The van der Waals surface area contributed by atoms with Gasteiger partial charge in [-0.05, 0) is 24.1 Å². The molecular formula is C13H14N2. The zero-order valence-corrected chi connectivity index (χ0v) is 8.77. The minimum absolute atomic E-state index is 0.890. The highest BCUT2D eigenvalue weighted by Gasteiger charge is 1.95. The summed E-state index contributed by atoms with van der Waals surface area (Å²) in [6.07, 6.45) is 7.98. The fourth-order valence-corrected chi connectivity index (χ4v) is 1.60. The van der Waals surface area contributed by atoms with Crippen LogP contribution in [0.1, 0.15) is 5.56 Å². The Morgan fingerprint density at radius 1 is 1.33 bits per heavy atom. The largest absolute Gasteiger partial charge is 0.316 e. The molecule has 76 valence electrons. The molecule has 15 heavy (non-hydrogen) atoms. The molecule has 1 aromatic heterocycles.